The first kappa shape index (κ1) is 21.3. The Balaban J connectivity index is 4.07. The minimum absolute atomic E-state index is 0.0309. The molecule has 0 aromatic rings. The summed E-state index contributed by atoms with van der Waals surface area (Å²) >= 11 is 0. The summed E-state index contributed by atoms with van der Waals surface area (Å²) in [5.74, 6) is -2.18. The number of quaternary nitrogens is 1. The van der Waals surface area contributed by atoms with Crippen LogP contribution in [0.25, 0.3) is 0 Å². The number of carbonyl (C=O) groups is 3. The largest absolute Gasteiger partial charge is 0.550 e. The van der Waals surface area contributed by atoms with Crippen LogP contribution in [-0.2, 0) is 23.9 Å². The number of rotatable bonds is 12. The summed E-state index contributed by atoms with van der Waals surface area (Å²) in [7, 11) is 5.61. The summed E-state index contributed by atoms with van der Waals surface area (Å²) in [6.07, 6.45) is 0.0918. The molecule has 1 unspecified atom stereocenters. The van der Waals surface area contributed by atoms with Crippen LogP contribution in [0.2, 0.25) is 0 Å². The Morgan fingerprint density at radius 1 is 1.09 bits per heavy atom. The first-order valence-electron chi connectivity index (χ1n) is 7.60. The summed E-state index contributed by atoms with van der Waals surface area (Å²) in [6, 6.07) is 0. The Kier molecular flexibility index (Phi) is 10.2. The first-order chi connectivity index (χ1) is 10.6. The summed E-state index contributed by atoms with van der Waals surface area (Å²) in [5, 5.41) is 19.2. The Bertz CT molecular complexity index is 390. The zero-order chi connectivity index (χ0) is 17.9. The number of esters is 2. The van der Waals surface area contributed by atoms with Gasteiger partial charge in [-0.05, 0) is 12.8 Å². The maximum Gasteiger partial charge on any atom is 0.306 e. The number of aliphatic hydroxyl groups is 1. The van der Waals surface area contributed by atoms with Gasteiger partial charge in [-0.1, -0.05) is 0 Å². The standard InChI is InChI=1S/C15H27NO7/c1-16(2,3)11-12(10-13(18)19)23-15(21)7-5-4-6-14(20)22-9-8-17/h12,17H,4-11H2,1-3H3. The van der Waals surface area contributed by atoms with E-state index in [1.165, 1.54) is 0 Å². The van der Waals surface area contributed by atoms with Gasteiger partial charge in [0.15, 0.2) is 6.10 Å². The van der Waals surface area contributed by atoms with Crippen molar-refractivity contribution in [3.63, 3.8) is 0 Å². The van der Waals surface area contributed by atoms with Gasteiger partial charge in [0.05, 0.1) is 27.7 Å². The Labute approximate surface area is 136 Å². The molecule has 8 nitrogen and oxygen atoms in total. The second kappa shape index (κ2) is 11.0. The number of likely N-dealkylation sites (N-methyl/N-ethyl adjacent to an activating group) is 1. The van der Waals surface area contributed by atoms with Crippen molar-refractivity contribution in [2.75, 3.05) is 40.9 Å². The molecule has 0 heterocycles. The van der Waals surface area contributed by atoms with Crippen LogP contribution in [0.3, 0.4) is 0 Å². The van der Waals surface area contributed by atoms with Gasteiger partial charge in [0.2, 0.25) is 0 Å². The van der Waals surface area contributed by atoms with Crippen LogP contribution in [0.4, 0.5) is 0 Å². The van der Waals surface area contributed by atoms with Crippen molar-refractivity contribution in [3.8, 4) is 0 Å². The van der Waals surface area contributed by atoms with E-state index < -0.39 is 24.0 Å². The molecule has 1 N–H and O–H groups in total. The predicted octanol–water partition coefficient (Wildman–Crippen LogP) is -1.16. The van der Waals surface area contributed by atoms with E-state index in [2.05, 4.69) is 4.74 Å². The molecule has 23 heavy (non-hydrogen) atoms. The highest BCUT2D eigenvalue weighted by Crippen LogP contribution is 2.08. The van der Waals surface area contributed by atoms with E-state index in [1.807, 2.05) is 21.1 Å². The molecular formula is C15H27NO7. The van der Waals surface area contributed by atoms with Crippen molar-refractivity contribution in [1.82, 2.24) is 0 Å². The van der Waals surface area contributed by atoms with Gasteiger partial charge in [0.1, 0.15) is 13.2 Å². The van der Waals surface area contributed by atoms with Crippen LogP contribution in [0.5, 0.6) is 0 Å². The third kappa shape index (κ3) is 13.7. The number of carboxylic acid groups (broad SMARTS) is 1. The molecule has 0 saturated carbocycles. The fourth-order valence-corrected chi connectivity index (χ4v) is 1.96. The molecule has 0 spiro atoms. The monoisotopic (exact) mass is 333 g/mol. The van der Waals surface area contributed by atoms with Crippen molar-refractivity contribution in [2.24, 2.45) is 0 Å². The van der Waals surface area contributed by atoms with Crippen LogP contribution < -0.4 is 5.11 Å². The highest BCUT2D eigenvalue weighted by Gasteiger charge is 2.22. The van der Waals surface area contributed by atoms with Crippen LogP contribution in [0.15, 0.2) is 0 Å². The third-order valence-electron chi connectivity index (χ3n) is 2.81. The SMILES string of the molecule is C[N+](C)(C)CC(CC(=O)[O-])OC(=O)CCCCC(=O)OCCO. The van der Waals surface area contributed by atoms with E-state index in [0.29, 0.717) is 23.9 Å². The lowest BCUT2D eigenvalue weighted by Gasteiger charge is -2.29. The van der Waals surface area contributed by atoms with Crippen LogP contribution in [0.1, 0.15) is 32.1 Å². The highest BCUT2D eigenvalue weighted by atomic mass is 16.5. The van der Waals surface area contributed by atoms with Gasteiger partial charge >= 0.3 is 11.9 Å². The number of nitrogens with zero attached hydrogens (tertiary/aromatic N) is 1. The van der Waals surface area contributed by atoms with Crippen molar-refractivity contribution in [2.45, 2.75) is 38.2 Å². The second-order valence-electron chi connectivity index (χ2n) is 6.31. The van der Waals surface area contributed by atoms with Crippen molar-refractivity contribution in [3.05, 3.63) is 0 Å². The van der Waals surface area contributed by atoms with Gasteiger partial charge in [-0.3, -0.25) is 9.59 Å². The molecule has 0 amide bonds. The van der Waals surface area contributed by atoms with Crippen molar-refractivity contribution in [1.29, 1.82) is 0 Å². The van der Waals surface area contributed by atoms with Crippen molar-refractivity contribution < 1.29 is 38.6 Å². The zero-order valence-corrected chi connectivity index (χ0v) is 14.1. The van der Waals surface area contributed by atoms with Gasteiger partial charge in [0.25, 0.3) is 0 Å². The normalized spacial score (nSPS) is 12.5. The molecule has 0 rings (SSSR count). The minimum atomic E-state index is -1.26. The van der Waals surface area contributed by atoms with E-state index in [-0.39, 0.29) is 32.5 Å². The molecule has 0 aliphatic carbocycles. The number of hydrogen-bond donors (Lipinski definition) is 1. The Morgan fingerprint density at radius 3 is 2.13 bits per heavy atom. The summed E-state index contributed by atoms with van der Waals surface area (Å²) in [4.78, 5) is 33.6. The topological polar surface area (TPSA) is 113 Å². The lowest BCUT2D eigenvalue weighted by atomic mass is 10.2. The number of ether oxygens (including phenoxy) is 2. The van der Waals surface area contributed by atoms with E-state index in [1.54, 1.807) is 0 Å². The number of carboxylic acids is 1. The fourth-order valence-electron chi connectivity index (χ4n) is 1.96. The Hall–Kier alpha value is -1.67. The fraction of sp³-hybridized carbons (Fsp3) is 0.800. The maximum absolute atomic E-state index is 11.7. The number of aliphatic hydroxyl groups excluding tert-OH is 1. The number of carbonyl (C=O) groups excluding carboxylic acids is 3. The molecule has 1 atom stereocenters. The molecule has 0 aliphatic heterocycles. The van der Waals surface area contributed by atoms with Gasteiger partial charge in [-0.2, -0.15) is 0 Å². The number of hydrogen-bond acceptors (Lipinski definition) is 7. The molecule has 0 fully saturated rings. The third-order valence-corrected chi connectivity index (χ3v) is 2.81. The quantitative estimate of drug-likeness (QED) is 0.272. The number of unbranched alkanes of at least 4 members (excludes halogenated alkanes) is 1. The smallest absolute Gasteiger partial charge is 0.306 e. The predicted molar refractivity (Wildman–Crippen MR) is 78.9 cm³/mol. The van der Waals surface area contributed by atoms with Crippen LogP contribution in [0, 0.1) is 0 Å². The molecule has 134 valence electrons. The summed E-state index contributed by atoms with van der Waals surface area (Å²) in [5.41, 5.74) is 0. The molecule has 0 saturated heterocycles. The molecule has 8 heteroatoms. The van der Waals surface area contributed by atoms with E-state index >= 15 is 0 Å². The molecule has 0 aromatic heterocycles. The summed E-state index contributed by atoms with van der Waals surface area (Å²) < 4.78 is 10.3. The average molecular weight is 333 g/mol. The molecule has 0 radical (unpaired) electrons. The highest BCUT2D eigenvalue weighted by molar-refractivity contribution is 5.71. The van der Waals surface area contributed by atoms with Gasteiger partial charge < -0.3 is 29.0 Å². The minimum Gasteiger partial charge on any atom is -0.550 e. The second-order valence-corrected chi connectivity index (χ2v) is 6.31. The Morgan fingerprint density at radius 2 is 1.65 bits per heavy atom. The molecule has 0 bridgehead atoms. The lowest BCUT2D eigenvalue weighted by molar-refractivity contribution is -0.873. The van der Waals surface area contributed by atoms with E-state index in [0.717, 1.165) is 0 Å². The van der Waals surface area contributed by atoms with E-state index in [9.17, 15) is 19.5 Å². The van der Waals surface area contributed by atoms with E-state index in [4.69, 9.17) is 9.84 Å². The first-order valence-corrected chi connectivity index (χ1v) is 7.60. The van der Waals surface area contributed by atoms with Gasteiger partial charge in [-0.25, -0.2) is 0 Å². The van der Waals surface area contributed by atoms with Gasteiger partial charge in [0, 0.05) is 25.2 Å². The molecule has 0 aliphatic rings. The maximum atomic E-state index is 11.7. The van der Waals surface area contributed by atoms with Crippen LogP contribution >= 0.6 is 0 Å². The van der Waals surface area contributed by atoms with Crippen LogP contribution in [-0.4, -0.2) is 74.5 Å². The molecular weight excluding hydrogens is 306 g/mol. The van der Waals surface area contributed by atoms with Gasteiger partial charge in [-0.15, -0.1) is 0 Å². The molecule has 0 aromatic carbocycles. The number of aliphatic carboxylic acids is 1. The zero-order valence-electron chi connectivity index (χ0n) is 14.1. The average Bonchev–Trinajstić information content (AvgIpc) is 2.38. The lowest BCUT2D eigenvalue weighted by Crippen LogP contribution is -2.45. The summed E-state index contributed by atoms with van der Waals surface area (Å²) in [6.45, 7) is 0.119. The van der Waals surface area contributed by atoms with Crippen molar-refractivity contribution >= 4 is 17.9 Å².